The third-order valence-corrected chi connectivity index (χ3v) is 10.1. The molecule has 0 fully saturated rings. The number of guanidine groups is 1. The summed E-state index contributed by atoms with van der Waals surface area (Å²) >= 11 is 0. The van der Waals surface area contributed by atoms with E-state index >= 15 is 0 Å². The number of nitrogens with zero attached hydrogens (tertiary/aromatic N) is 2. The molecule has 1 heterocycles. The number of aromatic nitrogens is 2. The van der Waals surface area contributed by atoms with Gasteiger partial charge in [0.2, 0.25) is 53.2 Å². The van der Waals surface area contributed by atoms with Crippen LogP contribution in [-0.2, 0) is 70.4 Å². The Kier molecular flexibility index (Phi) is 25.5. The number of nitrogens with one attached hydrogen (secondary N) is 9. The normalized spacial score (nSPS) is 14.0. The maximum absolute atomic E-state index is 14.3. The first-order valence-electron chi connectivity index (χ1n) is 22.2. The van der Waals surface area contributed by atoms with Crippen LogP contribution in [0.2, 0.25) is 0 Å². The lowest BCUT2D eigenvalue weighted by Gasteiger charge is -2.27. The number of carbonyl (C=O) groups excluding carboxylic acids is 9. The lowest BCUT2D eigenvalue weighted by atomic mass is 10.0. The van der Waals surface area contributed by atoms with Crippen molar-refractivity contribution in [1.82, 2.24) is 52.5 Å². The Balaban J connectivity index is 2.52. The molecule has 0 radical (unpaired) electrons. The van der Waals surface area contributed by atoms with Crippen LogP contribution in [-0.4, -0.2) is 175 Å². The van der Waals surface area contributed by atoms with Crippen molar-refractivity contribution in [1.29, 1.82) is 0 Å². The topological polar surface area (TPSA) is 527 Å². The average molecular weight is 1030 g/mol. The third kappa shape index (κ3) is 23.2. The number of hydrogen-bond donors (Lipinski definition) is 17. The zero-order chi connectivity index (χ0) is 54.8. The van der Waals surface area contributed by atoms with Crippen molar-refractivity contribution in [3.8, 4) is 0 Å². The van der Waals surface area contributed by atoms with Gasteiger partial charge in [-0.25, -0.2) is 4.98 Å². The molecule has 1 aromatic heterocycles. The number of aromatic amines is 1. The van der Waals surface area contributed by atoms with Gasteiger partial charge in [-0.2, -0.15) is 0 Å². The molecule has 0 bridgehead atoms. The number of aliphatic carboxylic acids is 3. The van der Waals surface area contributed by atoms with Crippen LogP contribution in [0.1, 0.15) is 56.7 Å². The number of H-pyrrole nitrogens is 1. The number of imidazole rings is 1. The van der Waals surface area contributed by atoms with Crippen molar-refractivity contribution >= 4 is 77.0 Å². The molecule has 0 aliphatic rings. The summed E-state index contributed by atoms with van der Waals surface area (Å²) in [5, 5.41) is 55.4. The smallest absolute Gasteiger partial charge is 0.322 e. The summed E-state index contributed by atoms with van der Waals surface area (Å²) in [6.45, 7) is -0.847. The second kappa shape index (κ2) is 30.8. The number of aliphatic imine (C=N–C) groups is 1. The number of carboxylic acids is 3. The molecule has 21 N–H and O–H groups in total. The van der Waals surface area contributed by atoms with Gasteiger partial charge in [-0.3, -0.25) is 62.5 Å². The molecular weight excluding hydrogens is 971 g/mol. The van der Waals surface area contributed by atoms with Crippen LogP contribution in [0.15, 0.2) is 47.8 Å². The molecule has 0 spiro atoms. The van der Waals surface area contributed by atoms with Crippen LogP contribution < -0.4 is 65.5 Å². The third-order valence-electron chi connectivity index (χ3n) is 10.1. The van der Waals surface area contributed by atoms with Gasteiger partial charge >= 0.3 is 17.9 Å². The summed E-state index contributed by atoms with van der Waals surface area (Å²) in [6.07, 6.45) is -1.11. The van der Waals surface area contributed by atoms with E-state index in [9.17, 15) is 67.7 Å². The number of carbonyl (C=O) groups is 12. The summed E-state index contributed by atoms with van der Waals surface area (Å²) in [5.74, 6) is -14.4. The fourth-order valence-electron chi connectivity index (χ4n) is 6.40. The van der Waals surface area contributed by atoms with Crippen LogP contribution >= 0.6 is 0 Å². The van der Waals surface area contributed by atoms with Crippen LogP contribution in [0.3, 0.4) is 0 Å². The number of nitrogens with two attached hydrogens (primary N) is 4. The van der Waals surface area contributed by atoms with Crippen LogP contribution in [0.5, 0.6) is 0 Å². The van der Waals surface area contributed by atoms with Gasteiger partial charge in [-0.1, -0.05) is 30.3 Å². The van der Waals surface area contributed by atoms with E-state index in [1.54, 1.807) is 30.3 Å². The first-order chi connectivity index (χ1) is 34.4. The van der Waals surface area contributed by atoms with Crippen molar-refractivity contribution in [2.45, 2.75) is 107 Å². The van der Waals surface area contributed by atoms with Crippen molar-refractivity contribution in [3.05, 3.63) is 54.1 Å². The number of aliphatic hydroxyl groups excluding tert-OH is 1. The lowest BCUT2D eigenvalue weighted by molar-refractivity contribution is -0.142. The van der Waals surface area contributed by atoms with Gasteiger partial charge in [-0.05, 0) is 31.7 Å². The number of aliphatic hydroxyl groups is 1. The summed E-state index contributed by atoms with van der Waals surface area (Å²) in [5.41, 5.74) is 22.6. The number of rotatable bonds is 33. The zero-order valence-corrected chi connectivity index (χ0v) is 39.3. The molecule has 8 atom stereocenters. The summed E-state index contributed by atoms with van der Waals surface area (Å²) < 4.78 is 0. The van der Waals surface area contributed by atoms with Crippen LogP contribution in [0, 0.1) is 0 Å². The minimum absolute atomic E-state index is 0.00741. The molecule has 9 amide bonds. The minimum Gasteiger partial charge on any atom is -0.481 e. The Bertz CT molecular complexity index is 2300. The lowest BCUT2D eigenvalue weighted by Crippen LogP contribution is -2.61. The second-order valence-electron chi connectivity index (χ2n) is 16.1. The highest BCUT2D eigenvalue weighted by atomic mass is 16.4. The largest absolute Gasteiger partial charge is 0.481 e. The number of carboxylic acid groups (broad SMARTS) is 3. The highest BCUT2D eigenvalue weighted by Gasteiger charge is 2.35. The fraction of sp³-hybridized carbons (Fsp3) is 0.476. The molecule has 73 heavy (non-hydrogen) atoms. The van der Waals surface area contributed by atoms with E-state index in [4.69, 9.17) is 33.1 Å². The van der Waals surface area contributed by atoms with Gasteiger partial charge in [0.15, 0.2) is 5.96 Å². The van der Waals surface area contributed by atoms with Crippen LogP contribution in [0.4, 0.5) is 0 Å². The van der Waals surface area contributed by atoms with Crippen molar-refractivity contribution in [2.75, 3.05) is 19.7 Å². The van der Waals surface area contributed by atoms with E-state index < -0.39 is 165 Å². The van der Waals surface area contributed by atoms with Gasteiger partial charge in [0.05, 0.1) is 31.8 Å². The highest BCUT2D eigenvalue weighted by Crippen LogP contribution is 2.10. The minimum atomic E-state index is -1.97. The van der Waals surface area contributed by atoms with Gasteiger partial charge in [0, 0.05) is 37.7 Å². The molecule has 31 heteroatoms. The molecule has 1 aromatic carbocycles. The van der Waals surface area contributed by atoms with E-state index in [1.807, 2.05) is 10.6 Å². The summed E-state index contributed by atoms with van der Waals surface area (Å²) in [4.78, 5) is 164. The van der Waals surface area contributed by atoms with Crippen molar-refractivity contribution in [3.63, 3.8) is 0 Å². The monoisotopic (exact) mass is 1030 g/mol. The molecule has 0 saturated heterocycles. The zero-order valence-electron chi connectivity index (χ0n) is 39.3. The van der Waals surface area contributed by atoms with Gasteiger partial charge in [0.1, 0.15) is 48.8 Å². The Hall–Kier alpha value is -8.74. The van der Waals surface area contributed by atoms with Crippen molar-refractivity contribution < 1.29 is 78.0 Å². The molecule has 2 rings (SSSR count). The number of benzene rings is 1. The van der Waals surface area contributed by atoms with Crippen LogP contribution in [0.25, 0.3) is 0 Å². The predicted molar refractivity (Wildman–Crippen MR) is 250 cm³/mol. The molecule has 400 valence electrons. The first-order valence-corrected chi connectivity index (χ1v) is 22.2. The summed E-state index contributed by atoms with van der Waals surface area (Å²) in [7, 11) is 0. The molecule has 2 aromatic rings. The van der Waals surface area contributed by atoms with E-state index in [2.05, 4.69) is 46.9 Å². The summed E-state index contributed by atoms with van der Waals surface area (Å²) in [6, 6.07) is -4.98. The number of primary amides is 1. The fourth-order valence-corrected chi connectivity index (χ4v) is 6.40. The van der Waals surface area contributed by atoms with E-state index in [0.29, 0.717) is 5.56 Å². The molecule has 0 aliphatic heterocycles. The first kappa shape index (κ1) is 60.4. The number of amides is 9. The Morgan fingerprint density at radius 2 is 1.14 bits per heavy atom. The predicted octanol–water partition coefficient (Wildman–Crippen LogP) is -7.60. The highest BCUT2D eigenvalue weighted by molar-refractivity contribution is 5.99. The van der Waals surface area contributed by atoms with Gasteiger partial charge < -0.3 is 90.9 Å². The maximum Gasteiger partial charge on any atom is 0.322 e. The van der Waals surface area contributed by atoms with Gasteiger partial charge in [-0.15, -0.1) is 0 Å². The Labute approximate surface area is 415 Å². The van der Waals surface area contributed by atoms with E-state index in [-0.39, 0.29) is 37.5 Å². The number of hydrogen-bond acceptors (Lipinski definition) is 16. The standard InChI is InChI=1S/C42H61N15O16/c1-20(51-35(67)23(43)14-31(60)61)34(66)52-25(9-10-30(44)59)38(70)54-26(12-21-6-3-2-4-7-21)39(71)53-24(8-5-11-48-42(45)46)37(69)55-27(13-22-16-47-19-50-22)40(72)56-28(15-32(62)63)41(73)57-29(18-58)36(68)49-17-33(64)65/h2-4,6-7,16,19-20,23-29,58H,5,8-15,17-18,43H2,1H3,(H2,44,59)(H,47,50)(H,49,68)(H,51,67)(H,52,66)(H,53,71)(H,54,70)(H,55,69)(H,56,72)(H,57,73)(H,60,61)(H,62,63)(H,64,65)(H4,45,46,48)/t20-,23-,24-,25-,26-,27-,28-,29-/m0/s1. The SMILES string of the molecule is C[C@H](NC(=O)[C@@H](N)CC(=O)O)C(=O)N[C@@H](CCC(N)=O)C(=O)N[C@@H](Cc1ccccc1)C(=O)N[C@@H](CCCN=C(N)N)C(=O)N[C@@H](Cc1cnc[nH]1)C(=O)N[C@@H](CC(=O)O)C(=O)N[C@@H](CO)C(=O)NCC(=O)O. The van der Waals surface area contributed by atoms with E-state index in [1.165, 1.54) is 19.4 Å². The molecule has 0 saturated carbocycles. The molecule has 31 nitrogen and oxygen atoms in total. The maximum atomic E-state index is 14.3. The average Bonchev–Trinajstić information content (AvgIpc) is 3.84. The quantitative estimate of drug-likeness (QED) is 0.0179. The van der Waals surface area contributed by atoms with E-state index in [0.717, 1.165) is 0 Å². The van der Waals surface area contributed by atoms with Crippen molar-refractivity contribution in [2.24, 2.45) is 27.9 Å². The Morgan fingerprint density at radius 3 is 1.67 bits per heavy atom. The molecule has 0 unspecified atom stereocenters. The van der Waals surface area contributed by atoms with Gasteiger partial charge in [0.25, 0.3) is 0 Å². The Morgan fingerprint density at radius 1 is 0.616 bits per heavy atom. The molecule has 0 aliphatic carbocycles. The second-order valence-corrected chi connectivity index (χ2v) is 16.1. The molecular formula is C42H61N15O16.